The molecule has 23 heavy (non-hydrogen) atoms. The van der Waals surface area contributed by atoms with Gasteiger partial charge in [-0.3, -0.25) is 9.59 Å². The van der Waals surface area contributed by atoms with Crippen LogP contribution in [0.25, 0.3) is 0 Å². The summed E-state index contributed by atoms with van der Waals surface area (Å²) in [6.45, 7) is 4.08. The van der Waals surface area contributed by atoms with Crippen LogP contribution >= 0.6 is 0 Å². The average molecular weight is 309 g/mol. The number of para-hydroxylation sites is 1. The van der Waals surface area contributed by atoms with Crippen LogP contribution in [0.15, 0.2) is 36.4 Å². The fourth-order valence-corrected chi connectivity index (χ4v) is 3.12. The SMILES string of the molecule is CCCc1cccc(CC)c1N1C(=O)c2ccc(O)cc2C1=O. The summed E-state index contributed by atoms with van der Waals surface area (Å²) in [6.07, 6.45) is 2.48. The lowest BCUT2D eigenvalue weighted by molar-refractivity contribution is 0.0925. The van der Waals surface area contributed by atoms with Crippen molar-refractivity contribution in [2.75, 3.05) is 4.90 Å². The Morgan fingerprint density at radius 2 is 1.65 bits per heavy atom. The number of phenolic OH excluding ortho intramolecular Hbond substituents is 1. The van der Waals surface area contributed by atoms with Gasteiger partial charge in [0.15, 0.2) is 0 Å². The first-order valence-corrected chi connectivity index (χ1v) is 7.91. The molecule has 0 fully saturated rings. The van der Waals surface area contributed by atoms with Crippen molar-refractivity contribution in [2.24, 2.45) is 0 Å². The molecule has 0 aromatic heterocycles. The fraction of sp³-hybridized carbons (Fsp3) is 0.263. The first kappa shape index (κ1) is 15.3. The molecule has 0 spiro atoms. The highest BCUT2D eigenvalue weighted by molar-refractivity contribution is 6.35. The molecule has 2 aromatic carbocycles. The van der Waals surface area contributed by atoms with Gasteiger partial charge in [0.05, 0.1) is 16.8 Å². The Kier molecular flexibility index (Phi) is 3.90. The van der Waals surface area contributed by atoms with Crippen LogP contribution in [0.1, 0.15) is 52.1 Å². The topological polar surface area (TPSA) is 57.6 Å². The van der Waals surface area contributed by atoms with E-state index in [2.05, 4.69) is 6.92 Å². The smallest absolute Gasteiger partial charge is 0.266 e. The Morgan fingerprint density at radius 3 is 2.35 bits per heavy atom. The molecule has 0 saturated carbocycles. The number of aromatic hydroxyl groups is 1. The lowest BCUT2D eigenvalue weighted by atomic mass is 10.0. The van der Waals surface area contributed by atoms with E-state index in [1.54, 1.807) is 0 Å². The van der Waals surface area contributed by atoms with Crippen molar-refractivity contribution >= 4 is 17.5 Å². The quantitative estimate of drug-likeness (QED) is 0.876. The molecule has 1 N–H and O–H groups in total. The summed E-state index contributed by atoms with van der Waals surface area (Å²) in [5.41, 5.74) is 3.31. The molecule has 0 aliphatic carbocycles. The lowest BCUT2D eigenvalue weighted by Gasteiger charge is -2.21. The maximum Gasteiger partial charge on any atom is 0.266 e. The summed E-state index contributed by atoms with van der Waals surface area (Å²) >= 11 is 0. The Labute approximate surface area is 135 Å². The molecular weight excluding hydrogens is 290 g/mol. The first-order valence-electron chi connectivity index (χ1n) is 7.91. The zero-order valence-corrected chi connectivity index (χ0v) is 13.3. The second kappa shape index (κ2) is 5.88. The number of amides is 2. The van der Waals surface area contributed by atoms with E-state index in [1.165, 1.54) is 23.1 Å². The van der Waals surface area contributed by atoms with Crippen LogP contribution < -0.4 is 4.90 Å². The zero-order valence-electron chi connectivity index (χ0n) is 13.3. The second-order valence-corrected chi connectivity index (χ2v) is 5.70. The maximum absolute atomic E-state index is 12.8. The fourth-order valence-electron chi connectivity index (χ4n) is 3.12. The van der Waals surface area contributed by atoms with E-state index < -0.39 is 0 Å². The van der Waals surface area contributed by atoms with Gasteiger partial charge in [0.2, 0.25) is 0 Å². The predicted octanol–water partition coefficient (Wildman–Crippen LogP) is 3.71. The number of aryl methyl sites for hydroxylation is 2. The largest absolute Gasteiger partial charge is 0.508 e. The van der Waals surface area contributed by atoms with Gasteiger partial charge in [0.25, 0.3) is 11.8 Å². The van der Waals surface area contributed by atoms with Crippen LogP contribution in [0, 0.1) is 0 Å². The Balaban J connectivity index is 2.17. The standard InChI is InChI=1S/C19H19NO3/c1-3-6-13-8-5-7-12(4-2)17(13)20-18(22)15-10-9-14(21)11-16(15)19(20)23/h5,7-11,21H,3-4,6H2,1-2H3. The molecule has 118 valence electrons. The van der Waals surface area contributed by atoms with Gasteiger partial charge in [-0.15, -0.1) is 0 Å². The minimum absolute atomic E-state index is 0.00990. The summed E-state index contributed by atoms with van der Waals surface area (Å²) in [5.74, 6) is -0.688. The monoisotopic (exact) mass is 309 g/mol. The van der Waals surface area contributed by atoms with E-state index in [9.17, 15) is 14.7 Å². The first-order chi connectivity index (χ1) is 11.1. The van der Waals surface area contributed by atoms with E-state index in [1.807, 2.05) is 25.1 Å². The lowest BCUT2D eigenvalue weighted by Crippen LogP contribution is -2.31. The van der Waals surface area contributed by atoms with Crippen LogP contribution in [0.3, 0.4) is 0 Å². The molecular formula is C19H19NO3. The minimum Gasteiger partial charge on any atom is -0.508 e. The van der Waals surface area contributed by atoms with Crippen molar-refractivity contribution in [3.8, 4) is 5.75 Å². The molecule has 1 heterocycles. The number of fused-ring (bicyclic) bond motifs is 1. The molecule has 1 aliphatic heterocycles. The average Bonchev–Trinajstić information content (AvgIpc) is 2.78. The van der Waals surface area contributed by atoms with Gasteiger partial charge in [-0.25, -0.2) is 4.90 Å². The van der Waals surface area contributed by atoms with E-state index in [0.29, 0.717) is 11.3 Å². The van der Waals surface area contributed by atoms with Gasteiger partial charge in [-0.2, -0.15) is 0 Å². The van der Waals surface area contributed by atoms with Crippen LogP contribution in [0.4, 0.5) is 5.69 Å². The Bertz CT molecular complexity index is 795. The number of benzene rings is 2. The summed E-state index contributed by atoms with van der Waals surface area (Å²) in [6, 6.07) is 10.2. The predicted molar refractivity (Wildman–Crippen MR) is 89.1 cm³/mol. The number of nitrogens with zero attached hydrogens (tertiary/aromatic N) is 1. The summed E-state index contributed by atoms with van der Waals surface area (Å²) in [4.78, 5) is 26.8. The van der Waals surface area contributed by atoms with Gasteiger partial charge >= 0.3 is 0 Å². The van der Waals surface area contributed by atoms with Crippen molar-refractivity contribution in [1.82, 2.24) is 0 Å². The number of phenols is 1. The highest BCUT2D eigenvalue weighted by atomic mass is 16.3. The van der Waals surface area contributed by atoms with Gasteiger partial charge in [0.1, 0.15) is 5.75 Å². The van der Waals surface area contributed by atoms with Crippen molar-refractivity contribution in [3.05, 3.63) is 58.7 Å². The third-order valence-electron chi connectivity index (χ3n) is 4.20. The molecule has 1 aliphatic rings. The van der Waals surface area contributed by atoms with Crippen LogP contribution in [-0.4, -0.2) is 16.9 Å². The van der Waals surface area contributed by atoms with Crippen molar-refractivity contribution < 1.29 is 14.7 Å². The van der Waals surface area contributed by atoms with Crippen LogP contribution in [-0.2, 0) is 12.8 Å². The third-order valence-corrected chi connectivity index (χ3v) is 4.20. The summed E-state index contributed by atoms with van der Waals surface area (Å²) < 4.78 is 0. The molecule has 4 heteroatoms. The highest BCUT2D eigenvalue weighted by Crippen LogP contribution is 2.35. The molecule has 2 aromatic rings. The number of hydrogen-bond donors (Lipinski definition) is 1. The van der Waals surface area contributed by atoms with Gasteiger partial charge in [0, 0.05) is 0 Å². The normalized spacial score (nSPS) is 13.6. The number of rotatable bonds is 4. The Hall–Kier alpha value is -2.62. The van der Waals surface area contributed by atoms with E-state index in [4.69, 9.17) is 0 Å². The van der Waals surface area contributed by atoms with Crippen molar-refractivity contribution in [1.29, 1.82) is 0 Å². The van der Waals surface area contributed by atoms with Gasteiger partial charge in [-0.05, 0) is 42.2 Å². The summed E-state index contributed by atoms with van der Waals surface area (Å²) in [5, 5.41) is 9.61. The number of anilines is 1. The van der Waals surface area contributed by atoms with Crippen LogP contribution in [0.2, 0.25) is 0 Å². The molecule has 0 saturated heterocycles. The third kappa shape index (κ3) is 2.40. The molecule has 2 amide bonds. The van der Waals surface area contributed by atoms with E-state index >= 15 is 0 Å². The number of imide groups is 1. The minimum atomic E-state index is -0.362. The van der Waals surface area contributed by atoms with Crippen LogP contribution in [0.5, 0.6) is 5.75 Å². The van der Waals surface area contributed by atoms with E-state index in [0.717, 1.165) is 30.4 Å². The van der Waals surface area contributed by atoms with Gasteiger partial charge < -0.3 is 5.11 Å². The second-order valence-electron chi connectivity index (χ2n) is 5.70. The molecule has 0 radical (unpaired) electrons. The van der Waals surface area contributed by atoms with Crippen molar-refractivity contribution in [3.63, 3.8) is 0 Å². The Morgan fingerprint density at radius 1 is 0.957 bits per heavy atom. The molecule has 0 unspecified atom stereocenters. The van der Waals surface area contributed by atoms with E-state index in [-0.39, 0.29) is 23.1 Å². The maximum atomic E-state index is 12.8. The van der Waals surface area contributed by atoms with Gasteiger partial charge in [-0.1, -0.05) is 38.5 Å². The molecule has 3 rings (SSSR count). The zero-order chi connectivity index (χ0) is 16.6. The number of carbonyl (C=O) groups is 2. The molecule has 0 bridgehead atoms. The highest BCUT2D eigenvalue weighted by Gasteiger charge is 2.38. The molecule has 0 atom stereocenters. The number of carbonyl (C=O) groups excluding carboxylic acids is 2. The van der Waals surface area contributed by atoms with Crippen molar-refractivity contribution in [2.45, 2.75) is 33.1 Å². The number of hydrogen-bond acceptors (Lipinski definition) is 3. The molecule has 4 nitrogen and oxygen atoms in total. The summed E-state index contributed by atoms with van der Waals surface area (Å²) in [7, 11) is 0.